The smallest absolute Gasteiger partial charge is 0.244 e. The van der Waals surface area contributed by atoms with E-state index in [0.29, 0.717) is 10.8 Å². The summed E-state index contributed by atoms with van der Waals surface area (Å²) in [7, 11) is 0. The number of pyridine rings is 1. The fraction of sp³-hybridized carbons (Fsp3) is 0.538. The summed E-state index contributed by atoms with van der Waals surface area (Å²) in [6.07, 6.45) is 6.29. The van der Waals surface area contributed by atoms with E-state index in [-0.39, 0.29) is 5.91 Å². The Hall–Kier alpha value is -1.13. The summed E-state index contributed by atoms with van der Waals surface area (Å²) < 4.78 is 0. The molecule has 18 heavy (non-hydrogen) atoms. The zero-order valence-electron chi connectivity index (χ0n) is 10.5. The van der Waals surface area contributed by atoms with Crippen molar-refractivity contribution in [1.29, 1.82) is 0 Å². The standard InChI is InChI=1S/C13H18ClN3O/c1-9-7-10(11(14)16-8-9)17-12(18)13(15)5-3-2-4-6-13/h7-8H,2-6,15H2,1H3,(H,17,18). The van der Waals surface area contributed by atoms with Gasteiger partial charge in [-0.2, -0.15) is 0 Å². The molecule has 5 heteroatoms. The number of rotatable bonds is 2. The Kier molecular flexibility index (Phi) is 3.88. The van der Waals surface area contributed by atoms with Gasteiger partial charge in [0.25, 0.3) is 0 Å². The Morgan fingerprint density at radius 1 is 1.44 bits per heavy atom. The van der Waals surface area contributed by atoms with Crippen LogP contribution in [0.3, 0.4) is 0 Å². The average molecular weight is 268 g/mol. The molecule has 1 aliphatic carbocycles. The van der Waals surface area contributed by atoms with Gasteiger partial charge in [-0.05, 0) is 31.4 Å². The number of nitrogens with two attached hydrogens (primary N) is 1. The molecule has 0 radical (unpaired) electrons. The number of amides is 1. The number of hydrogen-bond donors (Lipinski definition) is 2. The molecule has 98 valence electrons. The lowest BCUT2D eigenvalue weighted by atomic mass is 9.82. The Balaban J connectivity index is 2.13. The van der Waals surface area contributed by atoms with Gasteiger partial charge in [0.1, 0.15) is 0 Å². The monoisotopic (exact) mass is 267 g/mol. The number of nitrogens with one attached hydrogen (secondary N) is 1. The molecule has 4 nitrogen and oxygen atoms in total. The summed E-state index contributed by atoms with van der Waals surface area (Å²) in [6.45, 7) is 1.90. The highest BCUT2D eigenvalue weighted by molar-refractivity contribution is 6.32. The molecule has 0 aliphatic heterocycles. The van der Waals surface area contributed by atoms with E-state index in [9.17, 15) is 4.79 Å². The summed E-state index contributed by atoms with van der Waals surface area (Å²) in [5.41, 5.74) is 6.89. The molecular weight excluding hydrogens is 250 g/mol. The van der Waals surface area contributed by atoms with E-state index in [1.807, 2.05) is 6.92 Å². The predicted octanol–water partition coefficient (Wildman–Crippen LogP) is 2.64. The molecule has 0 aromatic carbocycles. The molecule has 1 fully saturated rings. The molecule has 0 bridgehead atoms. The van der Waals surface area contributed by atoms with Crippen molar-refractivity contribution in [2.45, 2.75) is 44.6 Å². The van der Waals surface area contributed by atoms with Gasteiger partial charge >= 0.3 is 0 Å². The van der Waals surface area contributed by atoms with Crippen LogP contribution in [-0.4, -0.2) is 16.4 Å². The minimum absolute atomic E-state index is 0.156. The van der Waals surface area contributed by atoms with Crippen molar-refractivity contribution in [3.05, 3.63) is 23.0 Å². The number of hydrogen-bond acceptors (Lipinski definition) is 3. The number of carbonyl (C=O) groups is 1. The van der Waals surface area contributed by atoms with Crippen LogP contribution >= 0.6 is 11.6 Å². The Bertz CT molecular complexity index is 456. The van der Waals surface area contributed by atoms with Crippen LogP contribution in [0.1, 0.15) is 37.7 Å². The first-order valence-electron chi connectivity index (χ1n) is 6.24. The number of aryl methyl sites for hydroxylation is 1. The second kappa shape index (κ2) is 5.24. The summed E-state index contributed by atoms with van der Waals surface area (Å²) >= 11 is 5.96. The summed E-state index contributed by atoms with van der Waals surface area (Å²) in [6, 6.07) is 1.80. The molecule has 1 aromatic heterocycles. The van der Waals surface area contributed by atoms with Crippen molar-refractivity contribution >= 4 is 23.2 Å². The minimum atomic E-state index is -0.759. The van der Waals surface area contributed by atoms with Crippen LogP contribution in [0.15, 0.2) is 12.3 Å². The van der Waals surface area contributed by atoms with Crippen LogP contribution < -0.4 is 11.1 Å². The summed E-state index contributed by atoms with van der Waals surface area (Å²) in [5.74, 6) is -0.156. The van der Waals surface area contributed by atoms with E-state index in [2.05, 4.69) is 10.3 Å². The number of nitrogens with zero attached hydrogens (tertiary/aromatic N) is 1. The molecule has 1 amide bonds. The zero-order chi connectivity index (χ0) is 13.2. The number of aromatic nitrogens is 1. The fourth-order valence-corrected chi connectivity index (χ4v) is 2.45. The molecule has 2 rings (SSSR count). The second-order valence-corrected chi connectivity index (χ2v) is 5.38. The molecule has 1 aliphatic rings. The van der Waals surface area contributed by atoms with Crippen LogP contribution in [0.2, 0.25) is 5.15 Å². The van der Waals surface area contributed by atoms with E-state index < -0.39 is 5.54 Å². The highest BCUT2D eigenvalue weighted by Crippen LogP contribution is 2.28. The van der Waals surface area contributed by atoms with E-state index in [1.54, 1.807) is 12.3 Å². The summed E-state index contributed by atoms with van der Waals surface area (Å²) in [4.78, 5) is 16.2. The molecule has 0 atom stereocenters. The first-order valence-corrected chi connectivity index (χ1v) is 6.61. The number of anilines is 1. The molecule has 1 saturated carbocycles. The van der Waals surface area contributed by atoms with Gasteiger partial charge in [-0.3, -0.25) is 4.79 Å². The zero-order valence-corrected chi connectivity index (χ0v) is 11.3. The van der Waals surface area contributed by atoms with Gasteiger partial charge in [0.05, 0.1) is 11.2 Å². The van der Waals surface area contributed by atoms with E-state index in [4.69, 9.17) is 17.3 Å². The number of halogens is 1. The van der Waals surface area contributed by atoms with Crippen molar-refractivity contribution in [1.82, 2.24) is 4.98 Å². The van der Waals surface area contributed by atoms with Crippen molar-refractivity contribution < 1.29 is 4.79 Å². The second-order valence-electron chi connectivity index (χ2n) is 5.02. The SMILES string of the molecule is Cc1cnc(Cl)c(NC(=O)C2(N)CCCCC2)c1. The normalized spacial score (nSPS) is 18.4. The van der Waals surface area contributed by atoms with Crippen molar-refractivity contribution in [3.63, 3.8) is 0 Å². The van der Waals surface area contributed by atoms with E-state index in [1.165, 1.54) is 0 Å². The first-order chi connectivity index (χ1) is 8.51. The van der Waals surface area contributed by atoms with Crippen LogP contribution in [0.4, 0.5) is 5.69 Å². The largest absolute Gasteiger partial charge is 0.322 e. The van der Waals surface area contributed by atoms with Crippen LogP contribution in [-0.2, 0) is 4.79 Å². The Morgan fingerprint density at radius 2 is 2.11 bits per heavy atom. The highest BCUT2D eigenvalue weighted by Gasteiger charge is 2.35. The van der Waals surface area contributed by atoms with Gasteiger partial charge in [0.15, 0.2) is 5.15 Å². The van der Waals surface area contributed by atoms with Crippen molar-refractivity contribution in [2.24, 2.45) is 5.73 Å². The van der Waals surface area contributed by atoms with Gasteiger partial charge < -0.3 is 11.1 Å². The maximum Gasteiger partial charge on any atom is 0.244 e. The number of carbonyl (C=O) groups excluding carboxylic acids is 1. The predicted molar refractivity (Wildman–Crippen MR) is 72.6 cm³/mol. The summed E-state index contributed by atoms with van der Waals surface area (Å²) in [5, 5.41) is 3.10. The van der Waals surface area contributed by atoms with Gasteiger partial charge in [-0.15, -0.1) is 0 Å². The van der Waals surface area contributed by atoms with Crippen LogP contribution in [0.25, 0.3) is 0 Å². The highest BCUT2D eigenvalue weighted by atomic mass is 35.5. The van der Waals surface area contributed by atoms with Crippen molar-refractivity contribution in [3.8, 4) is 0 Å². The molecule has 0 saturated heterocycles. The van der Waals surface area contributed by atoms with Gasteiger partial charge in [-0.25, -0.2) is 4.98 Å². The Labute approximate surface area is 112 Å². The quantitative estimate of drug-likeness (QED) is 0.810. The first kappa shape index (κ1) is 13.3. The van der Waals surface area contributed by atoms with Crippen LogP contribution in [0, 0.1) is 6.92 Å². The molecule has 1 aromatic rings. The van der Waals surface area contributed by atoms with Gasteiger partial charge in [-0.1, -0.05) is 30.9 Å². The maximum absolute atomic E-state index is 12.2. The lowest BCUT2D eigenvalue weighted by molar-refractivity contribution is -0.122. The van der Waals surface area contributed by atoms with E-state index >= 15 is 0 Å². The lowest BCUT2D eigenvalue weighted by Gasteiger charge is -2.31. The van der Waals surface area contributed by atoms with Crippen LogP contribution in [0.5, 0.6) is 0 Å². The molecular formula is C13H18ClN3O. The molecule has 0 unspecified atom stereocenters. The molecule has 1 heterocycles. The Morgan fingerprint density at radius 3 is 2.78 bits per heavy atom. The molecule has 3 N–H and O–H groups in total. The average Bonchev–Trinajstić information content (AvgIpc) is 2.35. The third-order valence-electron chi connectivity index (χ3n) is 3.42. The maximum atomic E-state index is 12.2. The minimum Gasteiger partial charge on any atom is -0.322 e. The third kappa shape index (κ3) is 2.82. The van der Waals surface area contributed by atoms with Gasteiger partial charge in [0.2, 0.25) is 5.91 Å². The van der Waals surface area contributed by atoms with Gasteiger partial charge in [0, 0.05) is 6.20 Å². The van der Waals surface area contributed by atoms with Crippen molar-refractivity contribution in [2.75, 3.05) is 5.32 Å². The lowest BCUT2D eigenvalue weighted by Crippen LogP contribution is -2.52. The molecule has 0 spiro atoms. The fourth-order valence-electron chi connectivity index (χ4n) is 2.30. The topological polar surface area (TPSA) is 68.0 Å². The third-order valence-corrected chi connectivity index (χ3v) is 3.72. The van der Waals surface area contributed by atoms with E-state index in [0.717, 1.165) is 37.7 Å².